The Balaban J connectivity index is 1.73. The molecular formula is C20H23FN2O4. The zero-order valence-electron chi connectivity index (χ0n) is 15.3. The number of carbonyl (C=O) groups is 2. The monoisotopic (exact) mass is 374 g/mol. The van der Waals surface area contributed by atoms with Crippen LogP contribution >= 0.6 is 0 Å². The molecule has 144 valence electrons. The highest BCUT2D eigenvalue weighted by Crippen LogP contribution is 2.18. The zero-order chi connectivity index (χ0) is 19.6. The second-order valence-electron chi connectivity index (χ2n) is 5.79. The van der Waals surface area contributed by atoms with Crippen molar-refractivity contribution in [3.63, 3.8) is 0 Å². The van der Waals surface area contributed by atoms with Crippen LogP contribution in [0.3, 0.4) is 0 Å². The van der Waals surface area contributed by atoms with Gasteiger partial charge in [0.15, 0.2) is 6.10 Å². The summed E-state index contributed by atoms with van der Waals surface area (Å²) < 4.78 is 24.4. The number of nitrogens with one attached hydrogen (secondary N) is 2. The van der Waals surface area contributed by atoms with E-state index in [-0.39, 0.29) is 18.7 Å². The summed E-state index contributed by atoms with van der Waals surface area (Å²) in [5, 5.41) is 0. The van der Waals surface area contributed by atoms with Crippen LogP contribution in [-0.2, 0) is 16.0 Å². The van der Waals surface area contributed by atoms with Crippen LogP contribution in [0.25, 0.3) is 0 Å². The number of halogens is 1. The highest BCUT2D eigenvalue weighted by atomic mass is 19.1. The fourth-order valence-corrected chi connectivity index (χ4v) is 2.28. The molecule has 0 aliphatic rings. The van der Waals surface area contributed by atoms with Crippen LogP contribution in [0.4, 0.5) is 4.39 Å². The molecule has 2 N–H and O–H groups in total. The Hall–Kier alpha value is -3.09. The van der Waals surface area contributed by atoms with E-state index in [1.54, 1.807) is 49.4 Å². The van der Waals surface area contributed by atoms with E-state index >= 15 is 0 Å². The Bertz CT molecular complexity index is 765. The average molecular weight is 374 g/mol. The predicted molar refractivity (Wildman–Crippen MR) is 98.7 cm³/mol. The van der Waals surface area contributed by atoms with Crippen molar-refractivity contribution in [2.24, 2.45) is 0 Å². The lowest BCUT2D eigenvalue weighted by molar-refractivity contribution is -0.132. The number of rotatable bonds is 8. The summed E-state index contributed by atoms with van der Waals surface area (Å²) in [5.41, 5.74) is 5.06. The minimum Gasteiger partial charge on any atom is -0.494 e. The number of aryl methyl sites for hydroxylation is 1. The molecule has 0 aromatic heterocycles. The number of carbonyl (C=O) groups excluding carboxylic acids is 2. The van der Waals surface area contributed by atoms with Crippen molar-refractivity contribution in [1.29, 1.82) is 0 Å². The maximum Gasteiger partial charge on any atom is 0.279 e. The molecule has 6 nitrogen and oxygen atoms in total. The van der Waals surface area contributed by atoms with Gasteiger partial charge in [-0.3, -0.25) is 20.4 Å². The van der Waals surface area contributed by atoms with E-state index in [0.717, 1.165) is 0 Å². The fraction of sp³-hybridized carbons (Fsp3) is 0.300. The zero-order valence-corrected chi connectivity index (χ0v) is 15.3. The van der Waals surface area contributed by atoms with Crippen LogP contribution in [0.15, 0.2) is 48.5 Å². The van der Waals surface area contributed by atoms with E-state index in [0.29, 0.717) is 23.7 Å². The molecular weight excluding hydrogens is 351 g/mol. The summed E-state index contributed by atoms with van der Waals surface area (Å²) in [7, 11) is 0. The standard InChI is InChI=1S/C20H23FN2O4/c1-3-26-16-9-11-17(12-10-16)27-14(2)20(25)23-22-19(24)13-8-15-6-4-5-7-18(15)21/h4-7,9-12,14H,3,8,13H2,1-2H3,(H,22,24)(H,23,25). The Morgan fingerprint density at radius 1 is 1.04 bits per heavy atom. The SMILES string of the molecule is CCOc1ccc(OC(C)C(=O)NNC(=O)CCc2ccccc2F)cc1. The maximum atomic E-state index is 13.5. The normalized spacial score (nSPS) is 11.4. The van der Waals surface area contributed by atoms with Gasteiger partial charge in [-0.1, -0.05) is 18.2 Å². The summed E-state index contributed by atoms with van der Waals surface area (Å²) in [6.07, 6.45) is -0.517. The van der Waals surface area contributed by atoms with Gasteiger partial charge in [-0.25, -0.2) is 4.39 Å². The first kappa shape index (κ1) is 20.2. The minimum atomic E-state index is -0.810. The van der Waals surface area contributed by atoms with Crippen LogP contribution < -0.4 is 20.3 Å². The molecule has 0 fully saturated rings. The third kappa shape index (κ3) is 6.62. The number of amides is 2. The molecule has 2 rings (SSSR count). The molecule has 1 atom stereocenters. The summed E-state index contributed by atoms with van der Waals surface area (Å²) in [6, 6.07) is 13.1. The molecule has 0 spiro atoms. The van der Waals surface area contributed by atoms with Gasteiger partial charge in [0, 0.05) is 6.42 Å². The lowest BCUT2D eigenvalue weighted by Crippen LogP contribution is -2.47. The molecule has 0 saturated heterocycles. The van der Waals surface area contributed by atoms with Gasteiger partial charge < -0.3 is 9.47 Å². The third-order valence-corrected chi connectivity index (χ3v) is 3.72. The molecule has 2 aromatic carbocycles. The number of benzene rings is 2. The van der Waals surface area contributed by atoms with Crippen LogP contribution in [0.1, 0.15) is 25.8 Å². The number of ether oxygens (including phenoxy) is 2. The Labute approximate surface area is 157 Å². The van der Waals surface area contributed by atoms with E-state index in [4.69, 9.17) is 9.47 Å². The average Bonchev–Trinajstić information content (AvgIpc) is 2.67. The maximum absolute atomic E-state index is 13.5. The van der Waals surface area contributed by atoms with Crippen LogP contribution in [0, 0.1) is 5.82 Å². The summed E-state index contributed by atoms with van der Waals surface area (Å²) in [5.74, 6) is -0.0502. The van der Waals surface area contributed by atoms with E-state index in [9.17, 15) is 14.0 Å². The van der Waals surface area contributed by atoms with Crippen molar-refractivity contribution in [3.05, 3.63) is 59.9 Å². The van der Waals surface area contributed by atoms with Gasteiger partial charge in [-0.15, -0.1) is 0 Å². The summed E-state index contributed by atoms with van der Waals surface area (Å²) >= 11 is 0. The molecule has 0 radical (unpaired) electrons. The van der Waals surface area contributed by atoms with Crippen molar-refractivity contribution in [3.8, 4) is 11.5 Å². The fourth-order valence-electron chi connectivity index (χ4n) is 2.28. The molecule has 2 amide bonds. The van der Waals surface area contributed by atoms with Crippen LogP contribution in [-0.4, -0.2) is 24.5 Å². The third-order valence-electron chi connectivity index (χ3n) is 3.72. The van der Waals surface area contributed by atoms with Crippen molar-refractivity contribution < 1.29 is 23.5 Å². The Morgan fingerprint density at radius 3 is 2.37 bits per heavy atom. The summed E-state index contributed by atoms with van der Waals surface area (Å²) in [4.78, 5) is 23.8. The van der Waals surface area contributed by atoms with Gasteiger partial charge in [0.2, 0.25) is 5.91 Å². The van der Waals surface area contributed by atoms with Gasteiger partial charge in [0.25, 0.3) is 5.91 Å². The Kier molecular flexibility index (Phi) is 7.61. The van der Waals surface area contributed by atoms with Gasteiger partial charge in [-0.05, 0) is 56.2 Å². The first-order chi connectivity index (χ1) is 13.0. The van der Waals surface area contributed by atoms with Crippen LogP contribution in [0.2, 0.25) is 0 Å². The van der Waals surface area contributed by atoms with E-state index in [1.807, 2.05) is 6.92 Å². The molecule has 0 bridgehead atoms. The number of hydrazine groups is 1. The van der Waals surface area contributed by atoms with E-state index < -0.39 is 17.9 Å². The molecule has 1 unspecified atom stereocenters. The quantitative estimate of drug-likeness (QED) is 0.697. The second kappa shape index (κ2) is 10.2. The first-order valence-electron chi connectivity index (χ1n) is 8.71. The van der Waals surface area contributed by atoms with Crippen molar-refractivity contribution >= 4 is 11.8 Å². The van der Waals surface area contributed by atoms with E-state index in [2.05, 4.69) is 10.9 Å². The van der Waals surface area contributed by atoms with Gasteiger partial charge in [0.05, 0.1) is 6.61 Å². The van der Waals surface area contributed by atoms with Gasteiger partial charge >= 0.3 is 0 Å². The van der Waals surface area contributed by atoms with Gasteiger partial charge in [0.1, 0.15) is 17.3 Å². The topological polar surface area (TPSA) is 76.7 Å². The lowest BCUT2D eigenvalue weighted by atomic mass is 10.1. The molecule has 0 heterocycles. The largest absolute Gasteiger partial charge is 0.494 e. The van der Waals surface area contributed by atoms with Crippen molar-refractivity contribution in [2.75, 3.05) is 6.61 Å². The van der Waals surface area contributed by atoms with Crippen molar-refractivity contribution in [1.82, 2.24) is 10.9 Å². The smallest absolute Gasteiger partial charge is 0.279 e. The molecule has 2 aromatic rings. The Morgan fingerprint density at radius 2 is 1.70 bits per heavy atom. The van der Waals surface area contributed by atoms with Crippen LogP contribution in [0.5, 0.6) is 11.5 Å². The van der Waals surface area contributed by atoms with Gasteiger partial charge in [-0.2, -0.15) is 0 Å². The molecule has 0 saturated carbocycles. The summed E-state index contributed by atoms with van der Waals surface area (Å²) in [6.45, 7) is 4.02. The van der Waals surface area contributed by atoms with Crippen molar-refractivity contribution in [2.45, 2.75) is 32.8 Å². The van der Waals surface area contributed by atoms with E-state index in [1.165, 1.54) is 6.07 Å². The first-order valence-corrected chi connectivity index (χ1v) is 8.71. The second-order valence-corrected chi connectivity index (χ2v) is 5.79. The minimum absolute atomic E-state index is 0.0509. The molecule has 7 heteroatoms. The lowest BCUT2D eigenvalue weighted by Gasteiger charge is -2.15. The number of hydrogen-bond acceptors (Lipinski definition) is 4. The molecule has 0 aliphatic heterocycles. The molecule has 0 aliphatic carbocycles. The highest BCUT2D eigenvalue weighted by Gasteiger charge is 2.15. The predicted octanol–water partition coefficient (Wildman–Crippen LogP) is 2.77. The molecule has 27 heavy (non-hydrogen) atoms. The highest BCUT2D eigenvalue weighted by molar-refractivity contribution is 5.84. The number of hydrogen-bond donors (Lipinski definition) is 2.